The average Bonchev–Trinajstić information content (AvgIpc) is 2.84. The summed E-state index contributed by atoms with van der Waals surface area (Å²) in [6.07, 6.45) is 4.58. The van der Waals surface area contributed by atoms with Crippen LogP contribution in [0, 0.1) is 6.92 Å². The fourth-order valence-electron chi connectivity index (χ4n) is 2.63. The van der Waals surface area contributed by atoms with Crippen molar-refractivity contribution >= 4 is 0 Å². The molecule has 2 N–H and O–H groups in total. The van der Waals surface area contributed by atoms with Crippen LogP contribution in [0.3, 0.4) is 0 Å². The number of benzene rings is 1. The van der Waals surface area contributed by atoms with Crippen LogP contribution in [-0.4, -0.2) is 30.4 Å². The molecule has 0 unspecified atom stereocenters. The molecule has 3 nitrogen and oxygen atoms in total. The molecule has 3 heteroatoms. The van der Waals surface area contributed by atoms with Gasteiger partial charge in [-0.15, -0.1) is 0 Å². The van der Waals surface area contributed by atoms with E-state index in [1.165, 1.54) is 18.4 Å². The van der Waals surface area contributed by atoms with Gasteiger partial charge in [-0.3, -0.25) is 0 Å². The number of nitrogens with one attached hydrogen (secondary N) is 1. The van der Waals surface area contributed by atoms with Gasteiger partial charge in [0.05, 0.1) is 6.61 Å². The summed E-state index contributed by atoms with van der Waals surface area (Å²) in [6.45, 7) is 3.72. The second kappa shape index (κ2) is 6.21. The first-order valence-electron chi connectivity index (χ1n) is 6.79. The lowest BCUT2D eigenvalue weighted by Crippen LogP contribution is -2.47. The Labute approximate surface area is 109 Å². The summed E-state index contributed by atoms with van der Waals surface area (Å²) in [5.41, 5.74) is 1.17. The Balaban J connectivity index is 1.72. The number of aliphatic hydroxyl groups is 1. The van der Waals surface area contributed by atoms with Gasteiger partial charge in [0.2, 0.25) is 0 Å². The fourth-order valence-corrected chi connectivity index (χ4v) is 2.63. The number of ether oxygens (including phenoxy) is 1. The Morgan fingerprint density at radius 3 is 2.78 bits per heavy atom. The van der Waals surface area contributed by atoms with E-state index in [1.807, 2.05) is 18.2 Å². The van der Waals surface area contributed by atoms with E-state index in [9.17, 15) is 5.11 Å². The van der Waals surface area contributed by atoms with Crippen LogP contribution in [0.25, 0.3) is 0 Å². The van der Waals surface area contributed by atoms with Gasteiger partial charge >= 0.3 is 0 Å². The van der Waals surface area contributed by atoms with Crippen LogP contribution in [0.5, 0.6) is 5.75 Å². The maximum Gasteiger partial charge on any atom is 0.119 e. The van der Waals surface area contributed by atoms with E-state index in [-0.39, 0.29) is 12.1 Å². The maximum absolute atomic E-state index is 9.47. The van der Waals surface area contributed by atoms with Crippen LogP contribution in [0.15, 0.2) is 24.3 Å². The van der Waals surface area contributed by atoms with Gasteiger partial charge in [-0.1, -0.05) is 25.0 Å². The van der Waals surface area contributed by atoms with Gasteiger partial charge in [0.15, 0.2) is 0 Å². The van der Waals surface area contributed by atoms with Crippen molar-refractivity contribution in [2.24, 2.45) is 0 Å². The second-order valence-electron chi connectivity index (χ2n) is 5.24. The zero-order chi connectivity index (χ0) is 12.8. The number of hydrogen-bond acceptors (Lipinski definition) is 3. The van der Waals surface area contributed by atoms with Crippen LogP contribution >= 0.6 is 0 Å². The lowest BCUT2D eigenvalue weighted by Gasteiger charge is -2.28. The molecule has 1 aliphatic carbocycles. The molecule has 1 aromatic rings. The Kier molecular flexibility index (Phi) is 4.61. The number of aliphatic hydroxyl groups excluding tert-OH is 1. The smallest absolute Gasteiger partial charge is 0.119 e. The Hall–Kier alpha value is -1.06. The Morgan fingerprint density at radius 2 is 2.11 bits per heavy atom. The largest absolute Gasteiger partial charge is 0.492 e. The van der Waals surface area contributed by atoms with Gasteiger partial charge in [0.1, 0.15) is 12.4 Å². The Morgan fingerprint density at radius 1 is 1.33 bits per heavy atom. The second-order valence-corrected chi connectivity index (χ2v) is 5.24. The molecule has 0 spiro atoms. The van der Waals surface area contributed by atoms with E-state index in [4.69, 9.17) is 4.74 Å². The third-order valence-corrected chi connectivity index (χ3v) is 3.72. The maximum atomic E-state index is 9.47. The van der Waals surface area contributed by atoms with Gasteiger partial charge in [-0.2, -0.15) is 0 Å². The molecule has 2 rings (SSSR count). The van der Waals surface area contributed by atoms with Crippen LogP contribution in [0.2, 0.25) is 0 Å². The lowest BCUT2D eigenvalue weighted by molar-refractivity contribution is 0.157. The van der Waals surface area contributed by atoms with Crippen molar-refractivity contribution in [1.82, 2.24) is 5.32 Å². The number of hydrogen-bond donors (Lipinski definition) is 2. The molecule has 0 amide bonds. The van der Waals surface area contributed by atoms with Crippen molar-refractivity contribution in [2.45, 2.75) is 38.1 Å². The third-order valence-electron chi connectivity index (χ3n) is 3.72. The van der Waals surface area contributed by atoms with Crippen LogP contribution in [0.4, 0.5) is 0 Å². The molecule has 1 aliphatic rings. The quantitative estimate of drug-likeness (QED) is 0.760. The Bertz CT molecular complexity index is 373. The molecule has 1 aromatic carbocycles. The topological polar surface area (TPSA) is 41.5 Å². The van der Waals surface area contributed by atoms with E-state index >= 15 is 0 Å². The van der Waals surface area contributed by atoms with Crippen molar-refractivity contribution in [3.05, 3.63) is 29.8 Å². The molecule has 0 aromatic heterocycles. The highest BCUT2D eigenvalue weighted by atomic mass is 16.5. The molecule has 18 heavy (non-hydrogen) atoms. The zero-order valence-electron chi connectivity index (χ0n) is 11.1. The first-order chi connectivity index (χ1) is 8.74. The average molecular weight is 249 g/mol. The van der Waals surface area contributed by atoms with Crippen molar-refractivity contribution < 1.29 is 9.84 Å². The standard InChI is InChI=1S/C15H23NO2/c1-13-5-4-6-14(11-13)18-10-9-16-15(12-17)7-2-3-8-15/h4-6,11,16-17H,2-3,7-10,12H2,1H3. The van der Waals surface area contributed by atoms with Crippen molar-refractivity contribution in [1.29, 1.82) is 0 Å². The SMILES string of the molecule is Cc1cccc(OCCNC2(CO)CCCC2)c1. The lowest BCUT2D eigenvalue weighted by atomic mass is 9.99. The first kappa shape index (κ1) is 13.4. The molecule has 1 saturated carbocycles. The summed E-state index contributed by atoms with van der Waals surface area (Å²) in [5.74, 6) is 0.918. The summed E-state index contributed by atoms with van der Waals surface area (Å²) in [7, 11) is 0. The molecular formula is C15H23NO2. The zero-order valence-corrected chi connectivity index (χ0v) is 11.1. The molecule has 0 atom stereocenters. The third kappa shape index (κ3) is 3.47. The van der Waals surface area contributed by atoms with Gasteiger partial charge in [0, 0.05) is 12.1 Å². The summed E-state index contributed by atoms with van der Waals surface area (Å²) >= 11 is 0. The van der Waals surface area contributed by atoms with Crippen molar-refractivity contribution in [3.8, 4) is 5.75 Å². The van der Waals surface area contributed by atoms with E-state index in [2.05, 4.69) is 18.3 Å². The molecule has 0 heterocycles. The highest BCUT2D eigenvalue weighted by Gasteiger charge is 2.32. The van der Waals surface area contributed by atoms with Crippen LogP contribution in [0.1, 0.15) is 31.2 Å². The van der Waals surface area contributed by atoms with E-state index in [0.29, 0.717) is 6.61 Å². The molecule has 100 valence electrons. The fraction of sp³-hybridized carbons (Fsp3) is 0.600. The number of rotatable bonds is 6. The van der Waals surface area contributed by atoms with Crippen molar-refractivity contribution in [3.63, 3.8) is 0 Å². The summed E-state index contributed by atoms with van der Waals surface area (Å²) in [5, 5.41) is 12.9. The van der Waals surface area contributed by atoms with E-state index in [1.54, 1.807) is 0 Å². The monoisotopic (exact) mass is 249 g/mol. The summed E-state index contributed by atoms with van der Waals surface area (Å²) in [4.78, 5) is 0. The predicted molar refractivity (Wildman–Crippen MR) is 73.0 cm³/mol. The van der Waals surface area contributed by atoms with Gasteiger partial charge in [0.25, 0.3) is 0 Å². The van der Waals surface area contributed by atoms with Crippen molar-refractivity contribution in [2.75, 3.05) is 19.8 Å². The minimum Gasteiger partial charge on any atom is -0.492 e. The highest BCUT2D eigenvalue weighted by molar-refractivity contribution is 5.27. The van der Waals surface area contributed by atoms with Gasteiger partial charge < -0.3 is 15.2 Å². The molecular weight excluding hydrogens is 226 g/mol. The van der Waals surface area contributed by atoms with Gasteiger partial charge in [-0.05, 0) is 37.5 Å². The molecule has 0 bridgehead atoms. The molecule has 1 fully saturated rings. The van der Waals surface area contributed by atoms with Crippen LogP contribution in [-0.2, 0) is 0 Å². The highest BCUT2D eigenvalue weighted by Crippen LogP contribution is 2.28. The summed E-state index contributed by atoms with van der Waals surface area (Å²) in [6, 6.07) is 8.08. The van der Waals surface area contributed by atoms with Crippen LogP contribution < -0.4 is 10.1 Å². The molecule has 0 saturated heterocycles. The molecule has 0 aliphatic heterocycles. The normalized spacial score (nSPS) is 17.9. The predicted octanol–water partition coefficient (Wildman–Crippen LogP) is 2.27. The van der Waals surface area contributed by atoms with E-state index < -0.39 is 0 Å². The number of aryl methyl sites for hydroxylation is 1. The first-order valence-corrected chi connectivity index (χ1v) is 6.79. The molecule has 0 radical (unpaired) electrons. The minimum absolute atomic E-state index is 0.0457. The van der Waals surface area contributed by atoms with E-state index in [0.717, 1.165) is 25.1 Å². The summed E-state index contributed by atoms with van der Waals surface area (Å²) < 4.78 is 5.69. The minimum atomic E-state index is -0.0457. The van der Waals surface area contributed by atoms with Gasteiger partial charge in [-0.25, -0.2) is 0 Å².